The third kappa shape index (κ3) is 4.09. The summed E-state index contributed by atoms with van der Waals surface area (Å²) < 4.78 is 2.00. The van der Waals surface area contributed by atoms with Crippen LogP contribution in [0.15, 0.2) is 66.1 Å². The van der Waals surface area contributed by atoms with Crippen molar-refractivity contribution < 1.29 is 9.59 Å². The monoisotopic (exact) mass is 392 g/mol. The summed E-state index contributed by atoms with van der Waals surface area (Å²) in [7, 11) is 0. The number of hydrogen-bond acceptors (Lipinski definition) is 4. The molecule has 2 aromatic carbocycles. The van der Waals surface area contributed by atoms with E-state index in [0.29, 0.717) is 17.8 Å². The number of benzene rings is 2. The van der Waals surface area contributed by atoms with Crippen LogP contribution in [0.1, 0.15) is 28.4 Å². The number of carbonyl (C=O) groups excluding carboxylic acids is 2. The van der Waals surface area contributed by atoms with E-state index in [1.807, 2.05) is 48.0 Å². The highest BCUT2D eigenvalue weighted by Gasteiger charge is 2.23. The fourth-order valence-electron chi connectivity index (χ4n) is 2.99. The summed E-state index contributed by atoms with van der Waals surface area (Å²) in [5, 5.41) is 5.67. The second-order valence-corrected chi connectivity index (χ2v) is 8.08. The van der Waals surface area contributed by atoms with Crippen molar-refractivity contribution in [1.29, 1.82) is 0 Å². The van der Waals surface area contributed by atoms with Crippen molar-refractivity contribution in [2.75, 3.05) is 5.32 Å². The molecule has 1 atom stereocenters. The zero-order valence-corrected chi connectivity index (χ0v) is 16.2. The van der Waals surface area contributed by atoms with Crippen molar-refractivity contribution in [3.63, 3.8) is 0 Å². The van der Waals surface area contributed by atoms with Gasteiger partial charge in [-0.3, -0.25) is 9.59 Å². The highest BCUT2D eigenvalue weighted by molar-refractivity contribution is 8.00. The van der Waals surface area contributed by atoms with Gasteiger partial charge in [-0.15, -0.1) is 11.8 Å². The average molecular weight is 392 g/mol. The number of fused-ring (bicyclic) bond motifs is 1. The second-order valence-electron chi connectivity index (χ2n) is 6.69. The fourth-order valence-corrected chi connectivity index (χ4v) is 3.92. The van der Waals surface area contributed by atoms with Gasteiger partial charge in [-0.2, -0.15) is 0 Å². The molecule has 0 saturated carbocycles. The molecule has 0 spiro atoms. The SMILES string of the molecule is CC1Sc2ccc(C(=O)NCc3ccc(Cn4ccnc4)cc3)cc2NC1=O. The van der Waals surface area contributed by atoms with Crippen molar-refractivity contribution in [2.45, 2.75) is 30.2 Å². The van der Waals surface area contributed by atoms with E-state index in [4.69, 9.17) is 0 Å². The van der Waals surface area contributed by atoms with Crippen LogP contribution in [0.2, 0.25) is 0 Å². The Morgan fingerprint density at radius 3 is 2.75 bits per heavy atom. The topological polar surface area (TPSA) is 76.0 Å². The summed E-state index contributed by atoms with van der Waals surface area (Å²) in [5.41, 5.74) is 3.43. The molecular formula is C21H20N4O2S. The van der Waals surface area contributed by atoms with E-state index in [1.54, 1.807) is 24.7 Å². The lowest BCUT2D eigenvalue weighted by Crippen LogP contribution is -2.27. The summed E-state index contributed by atoms with van der Waals surface area (Å²) in [6, 6.07) is 13.5. The molecule has 6 nitrogen and oxygen atoms in total. The summed E-state index contributed by atoms with van der Waals surface area (Å²) in [4.78, 5) is 29.3. The molecule has 1 aliphatic heterocycles. The van der Waals surface area contributed by atoms with E-state index in [2.05, 4.69) is 15.6 Å². The Hall–Kier alpha value is -3.06. The molecular weight excluding hydrogens is 372 g/mol. The molecule has 0 bridgehead atoms. The molecule has 2 heterocycles. The van der Waals surface area contributed by atoms with Gasteiger partial charge in [-0.1, -0.05) is 24.3 Å². The van der Waals surface area contributed by atoms with Gasteiger partial charge in [-0.25, -0.2) is 4.98 Å². The maximum absolute atomic E-state index is 12.5. The van der Waals surface area contributed by atoms with Gasteiger partial charge in [0.1, 0.15) is 0 Å². The smallest absolute Gasteiger partial charge is 0.251 e. The number of thioether (sulfide) groups is 1. The number of nitrogens with zero attached hydrogens (tertiary/aromatic N) is 2. The van der Waals surface area contributed by atoms with Gasteiger partial charge in [-0.05, 0) is 36.2 Å². The molecule has 2 N–H and O–H groups in total. The van der Waals surface area contributed by atoms with Crippen molar-refractivity contribution in [3.8, 4) is 0 Å². The van der Waals surface area contributed by atoms with E-state index in [-0.39, 0.29) is 17.1 Å². The molecule has 1 aromatic heterocycles. The number of anilines is 1. The first-order valence-electron chi connectivity index (χ1n) is 9.02. The molecule has 1 aliphatic rings. The van der Waals surface area contributed by atoms with Crippen LogP contribution >= 0.6 is 11.8 Å². The molecule has 142 valence electrons. The predicted molar refractivity (Wildman–Crippen MR) is 109 cm³/mol. The number of rotatable bonds is 5. The highest BCUT2D eigenvalue weighted by atomic mass is 32.2. The van der Waals surface area contributed by atoms with E-state index in [1.165, 1.54) is 17.3 Å². The maximum atomic E-state index is 12.5. The summed E-state index contributed by atoms with van der Waals surface area (Å²) in [6.45, 7) is 3.08. The Labute approximate surface area is 167 Å². The maximum Gasteiger partial charge on any atom is 0.251 e. The van der Waals surface area contributed by atoms with Gasteiger partial charge in [0.15, 0.2) is 0 Å². The van der Waals surface area contributed by atoms with E-state index in [9.17, 15) is 9.59 Å². The Kier molecular flexibility index (Phi) is 5.16. The molecule has 0 saturated heterocycles. The number of hydrogen-bond donors (Lipinski definition) is 2. The van der Waals surface area contributed by atoms with Crippen LogP contribution in [0.4, 0.5) is 5.69 Å². The molecule has 0 radical (unpaired) electrons. The van der Waals surface area contributed by atoms with Crippen molar-refractivity contribution >= 4 is 29.3 Å². The first kappa shape index (κ1) is 18.3. The second kappa shape index (κ2) is 7.90. The first-order valence-corrected chi connectivity index (χ1v) is 9.90. The van der Waals surface area contributed by atoms with Crippen LogP contribution in [-0.4, -0.2) is 26.6 Å². The minimum absolute atomic E-state index is 0.0363. The minimum atomic E-state index is -0.164. The zero-order chi connectivity index (χ0) is 19.5. The van der Waals surface area contributed by atoms with Gasteiger partial charge in [0.2, 0.25) is 5.91 Å². The minimum Gasteiger partial charge on any atom is -0.348 e. The highest BCUT2D eigenvalue weighted by Crippen LogP contribution is 2.35. The summed E-state index contributed by atoms with van der Waals surface area (Å²) >= 11 is 1.50. The van der Waals surface area contributed by atoms with Gasteiger partial charge in [0.25, 0.3) is 5.91 Å². The molecule has 28 heavy (non-hydrogen) atoms. The van der Waals surface area contributed by atoms with Gasteiger partial charge >= 0.3 is 0 Å². The van der Waals surface area contributed by atoms with Crippen molar-refractivity contribution in [1.82, 2.24) is 14.9 Å². The number of nitrogens with one attached hydrogen (secondary N) is 2. The number of imidazole rings is 1. The lowest BCUT2D eigenvalue weighted by molar-refractivity contribution is -0.115. The van der Waals surface area contributed by atoms with Crippen LogP contribution in [-0.2, 0) is 17.9 Å². The zero-order valence-electron chi connectivity index (χ0n) is 15.4. The number of carbonyl (C=O) groups is 2. The standard InChI is InChI=1S/C21H20N4O2S/c1-14-20(26)24-18-10-17(6-7-19(18)28-14)21(27)23-11-15-2-4-16(5-3-15)12-25-9-8-22-13-25/h2-10,13-14H,11-12H2,1H3,(H,23,27)(H,24,26). The lowest BCUT2D eigenvalue weighted by Gasteiger charge is -2.21. The van der Waals surface area contributed by atoms with Crippen molar-refractivity contribution in [2.24, 2.45) is 0 Å². The Morgan fingerprint density at radius 2 is 2.00 bits per heavy atom. The predicted octanol–water partition coefficient (Wildman–Crippen LogP) is 3.29. The Bertz CT molecular complexity index is 1000. The third-order valence-corrected chi connectivity index (χ3v) is 5.75. The van der Waals surface area contributed by atoms with Crippen LogP contribution < -0.4 is 10.6 Å². The fraction of sp³-hybridized carbons (Fsp3) is 0.190. The molecule has 0 fully saturated rings. The molecule has 7 heteroatoms. The lowest BCUT2D eigenvalue weighted by atomic mass is 10.1. The quantitative estimate of drug-likeness (QED) is 0.699. The van der Waals surface area contributed by atoms with E-state index < -0.39 is 0 Å². The Balaban J connectivity index is 1.36. The molecule has 2 amide bonds. The molecule has 3 aromatic rings. The number of amides is 2. The van der Waals surface area contributed by atoms with Crippen LogP contribution in [0.25, 0.3) is 0 Å². The van der Waals surface area contributed by atoms with Crippen molar-refractivity contribution in [3.05, 3.63) is 77.9 Å². The first-order chi connectivity index (χ1) is 13.6. The normalized spacial score (nSPS) is 15.6. The molecule has 1 unspecified atom stereocenters. The largest absolute Gasteiger partial charge is 0.348 e. The van der Waals surface area contributed by atoms with Crippen LogP contribution in [0.5, 0.6) is 0 Å². The van der Waals surface area contributed by atoms with E-state index in [0.717, 1.165) is 17.0 Å². The van der Waals surface area contributed by atoms with Crippen LogP contribution in [0.3, 0.4) is 0 Å². The Morgan fingerprint density at radius 1 is 1.21 bits per heavy atom. The van der Waals surface area contributed by atoms with Gasteiger partial charge < -0.3 is 15.2 Å². The summed E-state index contributed by atoms with van der Waals surface area (Å²) in [6.07, 6.45) is 5.47. The van der Waals surface area contributed by atoms with E-state index >= 15 is 0 Å². The van der Waals surface area contributed by atoms with Crippen LogP contribution in [0, 0.1) is 0 Å². The third-order valence-electron chi connectivity index (χ3n) is 4.57. The van der Waals surface area contributed by atoms with Gasteiger partial charge in [0.05, 0.1) is 17.3 Å². The van der Waals surface area contributed by atoms with Gasteiger partial charge in [0, 0.05) is 35.9 Å². The molecule has 4 rings (SSSR count). The number of aromatic nitrogens is 2. The summed E-state index contributed by atoms with van der Waals surface area (Å²) in [5.74, 6) is -0.200. The average Bonchev–Trinajstić information content (AvgIpc) is 3.21. The molecule has 0 aliphatic carbocycles.